The van der Waals surface area contributed by atoms with Gasteiger partial charge in [-0.3, -0.25) is 9.78 Å². The minimum atomic E-state index is -0.414. The molecule has 0 radical (unpaired) electrons. The van der Waals surface area contributed by atoms with E-state index >= 15 is 0 Å². The van der Waals surface area contributed by atoms with Crippen molar-refractivity contribution in [2.24, 2.45) is 0 Å². The lowest BCUT2D eigenvalue weighted by Crippen LogP contribution is -2.48. The summed E-state index contributed by atoms with van der Waals surface area (Å²) in [5.74, 6) is 0.757. The SMILES string of the molecule is COc1cc(/C=C2/C(C)=C(CCC(=O)Cc3cccnc3)c3cc(F)ccc32)cc(OC)c1OC(=O)N1CCC(N2CCCCC2)CC1. The Bertz CT molecular complexity index is 1680. The fourth-order valence-corrected chi connectivity index (χ4v) is 7.26. The molecular weight excluding hydrogens is 609 g/mol. The molecule has 9 heteroatoms. The number of likely N-dealkylation sites (tertiary alicyclic amines) is 2. The zero-order valence-corrected chi connectivity index (χ0v) is 28.1. The van der Waals surface area contributed by atoms with Crippen LogP contribution in [0.25, 0.3) is 17.2 Å². The van der Waals surface area contributed by atoms with Crippen molar-refractivity contribution in [1.29, 1.82) is 0 Å². The highest BCUT2D eigenvalue weighted by Crippen LogP contribution is 2.46. The monoisotopic (exact) mass is 653 g/mol. The predicted molar refractivity (Wildman–Crippen MR) is 185 cm³/mol. The summed E-state index contributed by atoms with van der Waals surface area (Å²) < 4.78 is 31.8. The molecule has 2 fully saturated rings. The van der Waals surface area contributed by atoms with Gasteiger partial charge in [-0.05, 0) is 127 Å². The lowest BCUT2D eigenvalue weighted by atomic mass is 9.98. The molecule has 3 aliphatic rings. The molecule has 2 aromatic carbocycles. The predicted octanol–water partition coefficient (Wildman–Crippen LogP) is 7.61. The molecule has 0 atom stereocenters. The van der Waals surface area contributed by atoms with E-state index in [9.17, 15) is 14.0 Å². The van der Waals surface area contributed by atoms with Gasteiger partial charge in [0.25, 0.3) is 0 Å². The van der Waals surface area contributed by atoms with Gasteiger partial charge in [-0.1, -0.05) is 18.6 Å². The number of rotatable bonds is 10. The maximum absolute atomic E-state index is 14.5. The number of hydrogen-bond acceptors (Lipinski definition) is 7. The molecule has 252 valence electrons. The molecule has 1 amide bonds. The average Bonchev–Trinajstić information content (AvgIpc) is 3.37. The molecule has 2 saturated heterocycles. The Kier molecular flexibility index (Phi) is 10.5. The van der Waals surface area contributed by atoms with Crippen LogP contribution in [-0.4, -0.2) is 73.1 Å². The number of halogens is 1. The number of allylic oxidation sites excluding steroid dienone is 3. The second kappa shape index (κ2) is 15.2. The van der Waals surface area contributed by atoms with Gasteiger partial charge in [-0.2, -0.15) is 0 Å². The van der Waals surface area contributed by atoms with Gasteiger partial charge >= 0.3 is 6.09 Å². The second-order valence-electron chi connectivity index (χ2n) is 12.9. The molecule has 48 heavy (non-hydrogen) atoms. The number of amides is 1. The van der Waals surface area contributed by atoms with E-state index in [0.717, 1.165) is 64.9 Å². The largest absolute Gasteiger partial charge is 0.493 e. The molecule has 3 heterocycles. The number of benzene rings is 2. The van der Waals surface area contributed by atoms with E-state index in [4.69, 9.17) is 14.2 Å². The number of ketones is 1. The summed E-state index contributed by atoms with van der Waals surface area (Å²) in [5.41, 5.74) is 6.18. The first-order valence-electron chi connectivity index (χ1n) is 16.9. The Morgan fingerprint density at radius 3 is 2.35 bits per heavy atom. The Hall–Kier alpha value is -4.50. The topological polar surface area (TPSA) is 81.2 Å². The van der Waals surface area contributed by atoms with Gasteiger partial charge in [0.2, 0.25) is 5.75 Å². The number of carbonyl (C=O) groups is 2. The Labute approximate surface area is 282 Å². The third kappa shape index (κ3) is 7.46. The minimum absolute atomic E-state index is 0.102. The van der Waals surface area contributed by atoms with Crippen LogP contribution < -0.4 is 14.2 Å². The van der Waals surface area contributed by atoms with Crippen LogP contribution in [0.5, 0.6) is 17.2 Å². The first-order chi connectivity index (χ1) is 23.3. The highest BCUT2D eigenvalue weighted by Gasteiger charge is 2.30. The summed E-state index contributed by atoms with van der Waals surface area (Å²) in [7, 11) is 3.07. The van der Waals surface area contributed by atoms with Crippen molar-refractivity contribution < 1.29 is 28.2 Å². The van der Waals surface area contributed by atoms with Crippen LogP contribution in [0.15, 0.2) is 60.4 Å². The van der Waals surface area contributed by atoms with Gasteiger partial charge in [0, 0.05) is 44.4 Å². The summed E-state index contributed by atoms with van der Waals surface area (Å²) in [4.78, 5) is 34.6. The molecule has 0 unspecified atom stereocenters. The van der Waals surface area contributed by atoms with Crippen molar-refractivity contribution in [2.45, 2.75) is 64.3 Å². The summed E-state index contributed by atoms with van der Waals surface area (Å²) in [6, 6.07) is 12.6. The van der Waals surface area contributed by atoms with Crippen LogP contribution in [0.4, 0.5) is 9.18 Å². The molecule has 1 aromatic heterocycles. The number of aromatic nitrogens is 1. The molecule has 0 saturated carbocycles. The summed E-state index contributed by atoms with van der Waals surface area (Å²) in [5, 5.41) is 0. The fraction of sp³-hybridized carbons (Fsp3) is 0.410. The van der Waals surface area contributed by atoms with Crippen LogP contribution in [0.3, 0.4) is 0 Å². The van der Waals surface area contributed by atoms with Gasteiger partial charge in [0.15, 0.2) is 11.5 Å². The number of pyridine rings is 1. The van der Waals surface area contributed by atoms with Crippen LogP contribution in [0.2, 0.25) is 0 Å². The van der Waals surface area contributed by atoms with Crippen LogP contribution in [0, 0.1) is 5.82 Å². The molecule has 2 aliphatic heterocycles. The van der Waals surface area contributed by atoms with Crippen molar-refractivity contribution in [2.75, 3.05) is 40.4 Å². The van der Waals surface area contributed by atoms with Crippen LogP contribution in [0.1, 0.15) is 74.1 Å². The Morgan fingerprint density at radius 2 is 1.69 bits per heavy atom. The van der Waals surface area contributed by atoms with Gasteiger partial charge in [0.05, 0.1) is 14.2 Å². The fourth-order valence-electron chi connectivity index (χ4n) is 7.26. The quantitative estimate of drug-likeness (QED) is 0.223. The normalized spacial score (nSPS) is 17.8. The van der Waals surface area contributed by atoms with Crippen LogP contribution >= 0.6 is 0 Å². The van der Waals surface area contributed by atoms with E-state index in [0.29, 0.717) is 49.9 Å². The van der Waals surface area contributed by atoms with Crippen molar-refractivity contribution >= 4 is 29.1 Å². The third-order valence-electron chi connectivity index (χ3n) is 9.84. The van der Waals surface area contributed by atoms with Gasteiger partial charge in [0.1, 0.15) is 11.6 Å². The molecular formula is C39H44FN3O5. The molecule has 8 nitrogen and oxygen atoms in total. The first-order valence-corrected chi connectivity index (χ1v) is 16.9. The summed E-state index contributed by atoms with van der Waals surface area (Å²) in [6.07, 6.45) is 11.8. The van der Waals surface area contributed by atoms with Gasteiger partial charge < -0.3 is 24.0 Å². The van der Waals surface area contributed by atoms with Crippen molar-refractivity contribution in [1.82, 2.24) is 14.8 Å². The average molecular weight is 654 g/mol. The standard InChI is InChI=1S/C39H44FN3O5/c1-26-32(12-10-31(44)20-27-8-7-15-41-25-27)35-24-29(40)9-11-33(35)34(26)21-28-22-36(46-2)38(37(23-28)47-3)48-39(45)43-18-13-30(14-19-43)42-16-5-4-6-17-42/h7-9,11,15,21-25,30H,4-6,10,12-14,16-20H2,1-3H3/b34-21-. The number of fused-ring (bicyclic) bond motifs is 1. The highest BCUT2D eigenvalue weighted by atomic mass is 19.1. The Balaban J connectivity index is 1.20. The van der Waals surface area contributed by atoms with Crippen molar-refractivity contribution in [3.05, 3.63) is 88.5 Å². The van der Waals surface area contributed by atoms with E-state index < -0.39 is 6.09 Å². The number of piperidine rings is 2. The van der Waals surface area contributed by atoms with E-state index in [1.54, 1.807) is 29.4 Å². The lowest BCUT2D eigenvalue weighted by molar-refractivity contribution is -0.118. The zero-order valence-electron chi connectivity index (χ0n) is 28.1. The lowest BCUT2D eigenvalue weighted by Gasteiger charge is -2.39. The summed E-state index contributed by atoms with van der Waals surface area (Å²) in [6.45, 7) is 5.61. The number of methoxy groups -OCH3 is 2. The molecule has 0 bridgehead atoms. The molecule has 0 N–H and O–H groups in total. The molecule has 3 aromatic rings. The number of ether oxygens (including phenoxy) is 3. The number of hydrogen-bond donors (Lipinski definition) is 0. The molecule has 0 spiro atoms. The number of nitrogens with zero attached hydrogens (tertiary/aromatic N) is 3. The third-order valence-corrected chi connectivity index (χ3v) is 9.84. The van der Waals surface area contributed by atoms with Crippen molar-refractivity contribution in [3.63, 3.8) is 0 Å². The summed E-state index contributed by atoms with van der Waals surface area (Å²) >= 11 is 0. The first kappa shape index (κ1) is 33.4. The van der Waals surface area contributed by atoms with E-state index in [1.807, 2.05) is 37.3 Å². The maximum Gasteiger partial charge on any atom is 0.415 e. The zero-order chi connectivity index (χ0) is 33.6. The van der Waals surface area contributed by atoms with Crippen LogP contribution in [-0.2, 0) is 11.2 Å². The highest BCUT2D eigenvalue weighted by molar-refractivity contribution is 6.05. The van der Waals surface area contributed by atoms with Gasteiger partial charge in [-0.15, -0.1) is 0 Å². The second-order valence-corrected chi connectivity index (χ2v) is 12.9. The maximum atomic E-state index is 14.5. The molecule has 6 rings (SSSR count). The Morgan fingerprint density at radius 1 is 0.958 bits per heavy atom. The number of Topliss-reactive ketones (excluding diaryl/α,β-unsaturated/α-hetero) is 1. The van der Waals surface area contributed by atoms with Crippen molar-refractivity contribution in [3.8, 4) is 17.2 Å². The smallest absolute Gasteiger partial charge is 0.415 e. The van der Waals surface area contributed by atoms with Gasteiger partial charge in [-0.25, -0.2) is 9.18 Å². The minimum Gasteiger partial charge on any atom is -0.493 e. The van der Waals surface area contributed by atoms with E-state index in [1.165, 1.54) is 39.5 Å². The van der Waals surface area contributed by atoms with E-state index in [-0.39, 0.29) is 17.3 Å². The van der Waals surface area contributed by atoms with E-state index in [2.05, 4.69) is 9.88 Å². The molecule has 1 aliphatic carbocycles. The number of carbonyl (C=O) groups excluding carboxylic acids is 2.